The first-order valence-electron chi connectivity index (χ1n) is 7.03. The lowest BCUT2D eigenvalue weighted by atomic mass is 10.3. The molecule has 0 aliphatic rings. The summed E-state index contributed by atoms with van der Waals surface area (Å²) in [6.45, 7) is 1.93. The molecule has 0 aliphatic heterocycles. The van der Waals surface area contributed by atoms with Gasteiger partial charge in [-0.05, 0) is 19.1 Å². The number of nitrogens with one attached hydrogen (secondary N) is 1. The van der Waals surface area contributed by atoms with Crippen LogP contribution in [0, 0.1) is 11.6 Å². The van der Waals surface area contributed by atoms with Gasteiger partial charge in [-0.2, -0.15) is 0 Å². The molecule has 0 spiro atoms. The third-order valence-electron chi connectivity index (χ3n) is 3.31. The van der Waals surface area contributed by atoms with Crippen LogP contribution < -0.4 is 10.9 Å². The van der Waals surface area contributed by atoms with Gasteiger partial charge in [0.1, 0.15) is 24.5 Å². The number of hydrogen-bond acceptors (Lipinski definition) is 5. The highest BCUT2D eigenvalue weighted by Crippen LogP contribution is 2.14. The first kappa shape index (κ1) is 15.7. The van der Waals surface area contributed by atoms with E-state index < -0.39 is 29.6 Å². The third kappa shape index (κ3) is 2.85. The van der Waals surface area contributed by atoms with Gasteiger partial charge in [-0.25, -0.2) is 18.4 Å². The summed E-state index contributed by atoms with van der Waals surface area (Å²) in [4.78, 5) is 28.3. The van der Waals surface area contributed by atoms with Crippen LogP contribution in [0.2, 0.25) is 0 Å². The largest absolute Gasteiger partial charge is 0.322 e. The van der Waals surface area contributed by atoms with Gasteiger partial charge < -0.3 is 5.32 Å². The number of nitrogens with zero attached hydrogens (tertiary/aromatic N) is 5. The molecule has 0 aliphatic carbocycles. The van der Waals surface area contributed by atoms with Crippen molar-refractivity contribution < 1.29 is 13.6 Å². The molecule has 0 atom stereocenters. The van der Waals surface area contributed by atoms with Gasteiger partial charge >= 0.3 is 0 Å². The van der Waals surface area contributed by atoms with Crippen LogP contribution in [-0.2, 0) is 17.9 Å². The number of halogens is 2. The van der Waals surface area contributed by atoms with Crippen molar-refractivity contribution in [1.29, 1.82) is 0 Å². The van der Waals surface area contributed by atoms with E-state index in [2.05, 4.69) is 20.6 Å². The summed E-state index contributed by atoms with van der Waals surface area (Å²) in [5.74, 6) is -2.32. The highest BCUT2D eigenvalue weighted by molar-refractivity contribution is 5.90. The van der Waals surface area contributed by atoms with E-state index in [0.29, 0.717) is 18.3 Å². The molecular formula is C14H12F2N6O2. The smallest absolute Gasteiger partial charge is 0.283 e. The Bertz CT molecular complexity index is 981. The Balaban J connectivity index is 1.83. The summed E-state index contributed by atoms with van der Waals surface area (Å²) in [5.41, 5.74) is -0.348. The summed E-state index contributed by atoms with van der Waals surface area (Å²) in [6.07, 6.45) is 1.20. The van der Waals surface area contributed by atoms with Crippen LogP contribution in [0.15, 0.2) is 29.3 Å². The van der Waals surface area contributed by atoms with Crippen LogP contribution in [0.1, 0.15) is 6.92 Å². The zero-order chi connectivity index (χ0) is 17.3. The Morgan fingerprint density at radius 2 is 2.12 bits per heavy atom. The van der Waals surface area contributed by atoms with Gasteiger partial charge in [0.05, 0.1) is 5.69 Å². The van der Waals surface area contributed by atoms with E-state index in [9.17, 15) is 18.4 Å². The molecule has 10 heteroatoms. The molecule has 124 valence electrons. The van der Waals surface area contributed by atoms with Crippen LogP contribution in [0.25, 0.3) is 11.2 Å². The summed E-state index contributed by atoms with van der Waals surface area (Å²) in [6, 6.07) is 2.76. The predicted octanol–water partition coefficient (Wildman–Crippen LogP) is 0.925. The molecule has 3 aromatic rings. The van der Waals surface area contributed by atoms with E-state index >= 15 is 0 Å². The number of hydrogen-bond donors (Lipinski definition) is 1. The van der Waals surface area contributed by atoms with E-state index in [0.717, 1.165) is 16.7 Å². The molecule has 1 amide bonds. The highest BCUT2D eigenvalue weighted by Gasteiger charge is 2.14. The van der Waals surface area contributed by atoms with Gasteiger partial charge in [-0.3, -0.25) is 14.2 Å². The molecule has 0 saturated heterocycles. The van der Waals surface area contributed by atoms with Crippen molar-refractivity contribution in [3.8, 4) is 0 Å². The fraction of sp³-hybridized carbons (Fsp3) is 0.214. The van der Waals surface area contributed by atoms with Gasteiger partial charge in [0, 0.05) is 12.6 Å². The number of anilines is 1. The number of carbonyl (C=O) groups excluding carboxylic acids is 1. The topological polar surface area (TPSA) is 94.7 Å². The summed E-state index contributed by atoms with van der Waals surface area (Å²) >= 11 is 0. The number of carbonyl (C=O) groups is 1. The monoisotopic (exact) mass is 334 g/mol. The number of fused-ring (bicyclic) bond motifs is 1. The number of aryl methyl sites for hydroxylation is 1. The second kappa shape index (κ2) is 6.14. The van der Waals surface area contributed by atoms with Gasteiger partial charge in [0.2, 0.25) is 5.91 Å². The minimum Gasteiger partial charge on any atom is -0.322 e. The Kier molecular flexibility index (Phi) is 4.02. The van der Waals surface area contributed by atoms with Gasteiger partial charge in [-0.1, -0.05) is 5.21 Å². The fourth-order valence-electron chi connectivity index (χ4n) is 2.15. The molecule has 0 fully saturated rings. The average molecular weight is 334 g/mol. The zero-order valence-electron chi connectivity index (χ0n) is 12.5. The Labute approximate surface area is 133 Å². The first-order chi connectivity index (χ1) is 11.5. The van der Waals surface area contributed by atoms with Crippen LogP contribution in [0.3, 0.4) is 0 Å². The fourth-order valence-corrected chi connectivity index (χ4v) is 2.15. The zero-order valence-corrected chi connectivity index (χ0v) is 12.5. The first-order valence-corrected chi connectivity index (χ1v) is 7.03. The maximum absolute atomic E-state index is 13.5. The van der Waals surface area contributed by atoms with Crippen LogP contribution in [0.4, 0.5) is 14.5 Å². The molecule has 2 aromatic heterocycles. The molecular weight excluding hydrogens is 322 g/mol. The van der Waals surface area contributed by atoms with Crippen molar-refractivity contribution in [2.45, 2.75) is 20.0 Å². The highest BCUT2D eigenvalue weighted by atomic mass is 19.1. The molecule has 0 unspecified atom stereocenters. The molecule has 2 heterocycles. The second-order valence-electron chi connectivity index (χ2n) is 4.93. The molecule has 1 N–H and O–H groups in total. The van der Waals surface area contributed by atoms with Gasteiger partial charge in [-0.15, -0.1) is 5.10 Å². The van der Waals surface area contributed by atoms with Crippen molar-refractivity contribution in [1.82, 2.24) is 24.5 Å². The van der Waals surface area contributed by atoms with Crippen LogP contribution in [0.5, 0.6) is 0 Å². The molecule has 0 saturated carbocycles. The van der Waals surface area contributed by atoms with E-state index in [1.54, 1.807) is 0 Å². The number of rotatable bonds is 4. The summed E-state index contributed by atoms with van der Waals surface area (Å²) in [5, 5.41) is 9.80. The van der Waals surface area contributed by atoms with Crippen molar-refractivity contribution >= 4 is 22.8 Å². The second-order valence-corrected chi connectivity index (χ2v) is 4.93. The lowest BCUT2D eigenvalue weighted by molar-refractivity contribution is -0.116. The van der Waals surface area contributed by atoms with Crippen molar-refractivity contribution in [2.24, 2.45) is 0 Å². The molecule has 1 aromatic carbocycles. The van der Waals surface area contributed by atoms with Crippen LogP contribution in [-0.4, -0.2) is 30.5 Å². The van der Waals surface area contributed by atoms with E-state index in [-0.39, 0.29) is 11.2 Å². The van der Waals surface area contributed by atoms with E-state index in [1.165, 1.54) is 11.0 Å². The van der Waals surface area contributed by atoms with Crippen molar-refractivity contribution in [3.63, 3.8) is 0 Å². The molecule has 0 bridgehead atoms. The predicted molar refractivity (Wildman–Crippen MR) is 80.2 cm³/mol. The van der Waals surface area contributed by atoms with Gasteiger partial charge in [0.15, 0.2) is 11.2 Å². The molecule has 0 radical (unpaired) electrons. The van der Waals surface area contributed by atoms with E-state index in [4.69, 9.17) is 0 Å². The maximum atomic E-state index is 13.5. The Morgan fingerprint density at radius 3 is 2.83 bits per heavy atom. The molecule has 3 rings (SSSR count). The van der Waals surface area contributed by atoms with E-state index in [1.807, 2.05) is 6.92 Å². The van der Waals surface area contributed by atoms with Crippen molar-refractivity contribution in [3.05, 3.63) is 46.5 Å². The normalized spacial score (nSPS) is 11.0. The number of amides is 1. The minimum atomic E-state index is -0.907. The quantitative estimate of drug-likeness (QED) is 0.766. The number of aromatic nitrogens is 5. The lowest BCUT2D eigenvalue weighted by Crippen LogP contribution is -2.28. The summed E-state index contributed by atoms with van der Waals surface area (Å²) in [7, 11) is 0. The Morgan fingerprint density at radius 1 is 1.33 bits per heavy atom. The molecule has 24 heavy (non-hydrogen) atoms. The third-order valence-corrected chi connectivity index (χ3v) is 3.31. The van der Waals surface area contributed by atoms with Crippen LogP contribution >= 0.6 is 0 Å². The minimum absolute atomic E-state index is 0.0418. The maximum Gasteiger partial charge on any atom is 0.283 e. The lowest BCUT2D eigenvalue weighted by Gasteiger charge is -2.08. The number of benzene rings is 1. The SMILES string of the molecule is CCn1nnc2c(=O)n(CC(=O)Nc3ccc(F)cc3F)cnc21. The molecule has 8 nitrogen and oxygen atoms in total. The van der Waals surface area contributed by atoms with Gasteiger partial charge in [0.25, 0.3) is 5.56 Å². The summed E-state index contributed by atoms with van der Waals surface area (Å²) < 4.78 is 28.9. The van der Waals surface area contributed by atoms with Crippen molar-refractivity contribution in [2.75, 3.05) is 5.32 Å². The Hall–Kier alpha value is -3.17. The average Bonchev–Trinajstić information content (AvgIpc) is 2.96. The standard InChI is InChI=1S/C14H12F2N6O2/c1-2-22-13-12(19-20-22)14(24)21(7-17-13)6-11(23)18-10-4-3-8(15)5-9(10)16/h3-5,7H,2,6H2,1H3,(H,18,23).